The predicted molar refractivity (Wildman–Crippen MR) is 112 cm³/mol. The summed E-state index contributed by atoms with van der Waals surface area (Å²) in [4.78, 5) is 48.5. The highest BCUT2D eigenvalue weighted by atomic mass is 16.2. The van der Waals surface area contributed by atoms with E-state index in [-0.39, 0.29) is 29.3 Å². The van der Waals surface area contributed by atoms with Gasteiger partial charge in [-0.3, -0.25) is 19.4 Å². The van der Waals surface area contributed by atoms with Crippen molar-refractivity contribution >= 4 is 17.7 Å². The van der Waals surface area contributed by atoms with Crippen molar-refractivity contribution < 1.29 is 14.4 Å². The Morgan fingerprint density at radius 3 is 2.13 bits per heavy atom. The van der Waals surface area contributed by atoms with E-state index in [1.807, 2.05) is 32.6 Å². The van der Waals surface area contributed by atoms with Crippen molar-refractivity contribution in [3.8, 4) is 0 Å². The van der Waals surface area contributed by atoms with Gasteiger partial charge in [0.05, 0.1) is 6.20 Å². The van der Waals surface area contributed by atoms with E-state index in [9.17, 15) is 14.4 Å². The summed E-state index contributed by atoms with van der Waals surface area (Å²) in [6.45, 7) is 9.16. The Hall–Kier alpha value is -2.51. The third-order valence-corrected chi connectivity index (χ3v) is 6.30. The molecule has 0 radical (unpaired) electrons. The van der Waals surface area contributed by atoms with Gasteiger partial charge in [-0.25, -0.2) is 4.98 Å². The molecule has 1 aromatic heterocycles. The van der Waals surface area contributed by atoms with Crippen LogP contribution in [0.5, 0.6) is 0 Å². The Morgan fingerprint density at radius 1 is 0.967 bits per heavy atom. The lowest BCUT2D eigenvalue weighted by Crippen LogP contribution is -2.57. The molecule has 1 aromatic rings. The summed E-state index contributed by atoms with van der Waals surface area (Å²) in [5, 5.41) is 5.66. The summed E-state index contributed by atoms with van der Waals surface area (Å²) in [6, 6.07) is -1.38. The molecular formula is C22H33N5O3. The molecule has 3 amide bonds. The zero-order valence-electron chi connectivity index (χ0n) is 18.3. The molecule has 4 atom stereocenters. The van der Waals surface area contributed by atoms with Gasteiger partial charge in [-0.2, -0.15) is 0 Å². The minimum Gasteiger partial charge on any atom is -0.342 e. The van der Waals surface area contributed by atoms with E-state index in [1.165, 1.54) is 37.9 Å². The first kappa shape index (κ1) is 22.2. The van der Waals surface area contributed by atoms with Gasteiger partial charge >= 0.3 is 0 Å². The van der Waals surface area contributed by atoms with Gasteiger partial charge in [-0.15, -0.1) is 0 Å². The van der Waals surface area contributed by atoms with Crippen LogP contribution in [0, 0.1) is 23.7 Å². The summed E-state index contributed by atoms with van der Waals surface area (Å²) < 4.78 is 0. The van der Waals surface area contributed by atoms with E-state index in [0.717, 1.165) is 13.1 Å². The molecular weight excluding hydrogens is 382 g/mol. The Morgan fingerprint density at radius 2 is 1.60 bits per heavy atom. The molecule has 2 aliphatic rings. The van der Waals surface area contributed by atoms with Crippen molar-refractivity contribution in [2.45, 2.75) is 59.0 Å². The van der Waals surface area contributed by atoms with Gasteiger partial charge in [0.25, 0.3) is 5.91 Å². The van der Waals surface area contributed by atoms with E-state index in [2.05, 4.69) is 20.6 Å². The molecule has 8 nitrogen and oxygen atoms in total. The standard InChI is InChI=1S/C22H33N5O3/c1-13(2)18(25-20(28)17-10-23-8-9-24-17)21(29)26-19(14(3)4)22(30)27-11-15-6-5-7-16(15)12-27/h8-10,13-16,18-19H,5-7,11-12H2,1-4H3,(H,25,28)(H,26,29)/t15-,16+,18-,19?/m1/s1. The number of nitrogens with zero attached hydrogens (tertiary/aromatic N) is 3. The number of hydrogen-bond acceptors (Lipinski definition) is 5. The second-order valence-corrected chi connectivity index (χ2v) is 9.21. The first-order valence-electron chi connectivity index (χ1n) is 10.9. The minimum atomic E-state index is -0.772. The molecule has 0 bridgehead atoms. The maximum Gasteiger partial charge on any atom is 0.272 e. The van der Waals surface area contributed by atoms with Gasteiger partial charge in [0.2, 0.25) is 11.8 Å². The van der Waals surface area contributed by atoms with Crippen LogP contribution in [0.3, 0.4) is 0 Å². The van der Waals surface area contributed by atoms with Crippen LogP contribution in [-0.4, -0.2) is 57.8 Å². The van der Waals surface area contributed by atoms with E-state index < -0.39 is 18.0 Å². The topological polar surface area (TPSA) is 104 Å². The third-order valence-electron chi connectivity index (χ3n) is 6.30. The molecule has 1 saturated heterocycles. The maximum absolute atomic E-state index is 13.2. The largest absolute Gasteiger partial charge is 0.342 e. The summed E-state index contributed by atoms with van der Waals surface area (Å²) in [6.07, 6.45) is 7.90. The van der Waals surface area contributed by atoms with Crippen molar-refractivity contribution in [1.82, 2.24) is 25.5 Å². The maximum atomic E-state index is 13.2. The summed E-state index contributed by atoms with van der Waals surface area (Å²) in [5.74, 6) is 0.172. The lowest BCUT2D eigenvalue weighted by molar-refractivity contribution is -0.137. The quantitative estimate of drug-likeness (QED) is 0.704. The van der Waals surface area contributed by atoms with Crippen LogP contribution in [0.4, 0.5) is 0 Å². The highest BCUT2D eigenvalue weighted by molar-refractivity contribution is 5.97. The van der Waals surface area contributed by atoms with Crippen molar-refractivity contribution in [2.24, 2.45) is 23.7 Å². The average molecular weight is 416 g/mol. The first-order valence-corrected chi connectivity index (χ1v) is 10.9. The van der Waals surface area contributed by atoms with Crippen LogP contribution in [0.25, 0.3) is 0 Å². The molecule has 30 heavy (non-hydrogen) atoms. The molecule has 2 N–H and O–H groups in total. The number of nitrogens with one attached hydrogen (secondary N) is 2. The Balaban J connectivity index is 1.66. The molecule has 1 saturated carbocycles. The van der Waals surface area contributed by atoms with E-state index in [1.54, 1.807) is 0 Å². The molecule has 164 valence electrons. The lowest BCUT2D eigenvalue weighted by Gasteiger charge is -2.30. The number of amides is 3. The third kappa shape index (κ3) is 4.96. The Labute approximate surface area is 178 Å². The van der Waals surface area contributed by atoms with Crippen LogP contribution in [0.2, 0.25) is 0 Å². The van der Waals surface area contributed by atoms with Crippen LogP contribution in [0.15, 0.2) is 18.6 Å². The fourth-order valence-corrected chi connectivity index (χ4v) is 4.53. The predicted octanol–water partition coefficient (Wildman–Crippen LogP) is 1.63. The average Bonchev–Trinajstić information content (AvgIpc) is 3.31. The number of hydrogen-bond donors (Lipinski definition) is 2. The van der Waals surface area contributed by atoms with Gasteiger partial charge in [-0.1, -0.05) is 34.1 Å². The van der Waals surface area contributed by atoms with E-state index in [0.29, 0.717) is 11.8 Å². The molecule has 3 rings (SSSR count). The zero-order valence-corrected chi connectivity index (χ0v) is 18.3. The van der Waals surface area contributed by atoms with Gasteiger partial charge in [0.15, 0.2) is 0 Å². The van der Waals surface area contributed by atoms with Crippen molar-refractivity contribution in [1.29, 1.82) is 0 Å². The fourth-order valence-electron chi connectivity index (χ4n) is 4.53. The summed E-state index contributed by atoms with van der Waals surface area (Å²) in [5.41, 5.74) is 0.149. The number of fused-ring (bicyclic) bond motifs is 1. The number of rotatable bonds is 7. The first-order chi connectivity index (χ1) is 14.3. The smallest absolute Gasteiger partial charge is 0.272 e. The molecule has 0 aromatic carbocycles. The molecule has 2 heterocycles. The minimum absolute atomic E-state index is 0.0180. The molecule has 0 spiro atoms. The van der Waals surface area contributed by atoms with Crippen LogP contribution >= 0.6 is 0 Å². The second-order valence-electron chi connectivity index (χ2n) is 9.21. The normalized spacial score (nSPS) is 22.7. The monoisotopic (exact) mass is 415 g/mol. The van der Waals surface area contributed by atoms with Crippen LogP contribution < -0.4 is 10.6 Å². The highest BCUT2D eigenvalue weighted by Crippen LogP contribution is 2.38. The van der Waals surface area contributed by atoms with Gasteiger partial charge in [-0.05, 0) is 36.5 Å². The fraction of sp³-hybridized carbons (Fsp3) is 0.682. The SMILES string of the molecule is CC(C)C(NC(=O)[C@H](NC(=O)c1cnccn1)C(C)C)C(=O)N1C[C@H]2CCC[C@H]2C1. The number of likely N-dealkylation sites (tertiary alicyclic amines) is 1. The molecule has 1 unspecified atom stereocenters. The molecule has 2 fully saturated rings. The van der Waals surface area contributed by atoms with Crippen molar-refractivity contribution in [2.75, 3.05) is 13.1 Å². The van der Waals surface area contributed by atoms with Gasteiger partial charge < -0.3 is 15.5 Å². The second kappa shape index (κ2) is 9.53. The van der Waals surface area contributed by atoms with Gasteiger partial charge in [0, 0.05) is 25.5 Å². The Kier molecular flexibility index (Phi) is 7.05. The number of aromatic nitrogens is 2. The number of carbonyl (C=O) groups excluding carboxylic acids is 3. The molecule has 8 heteroatoms. The molecule has 1 aliphatic heterocycles. The summed E-state index contributed by atoms with van der Waals surface area (Å²) in [7, 11) is 0. The van der Waals surface area contributed by atoms with E-state index in [4.69, 9.17) is 0 Å². The summed E-state index contributed by atoms with van der Waals surface area (Å²) >= 11 is 0. The molecule has 1 aliphatic carbocycles. The van der Waals surface area contributed by atoms with Crippen molar-refractivity contribution in [3.05, 3.63) is 24.3 Å². The van der Waals surface area contributed by atoms with Crippen molar-refractivity contribution in [3.63, 3.8) is 0 Å². The highest BCUT2D eigenvalue weighted by Gasteiger charge is 2.41. The van der Waals surface area contributed by atoms with Crippen LogP contribution in [-0.2, 0) is 9.59 Å². The lowest BCUT2D eigenvalue weighted by atomic mass is 9.99. The van der Waals surface area contributed by atoms with Gasteiger partial charge in [0.1, 0.15) is 17.8 Å². The number of carbonyl (C=O) groups is 3. The zero-order chi connectivity index (χ0) is 21.8. The Bertz CT molecular complexity index is 755. The van der Waals surface area contributed by atoms with E-state index >= 15 is 0 Å². The van der Waals surface area contributed by atoms with Crippen LogP contribution in [0.1, 0.15) is 57.4 Å².